The second kappa shape index (κ2) is 6.46. The lowest BCUT2D eigenvalue weighted by molar-refractivity contribution is -0.136. The number of likely N-dealkylation sites (N-methyl/N-ethyl adjacent to an activating group) is 1. The summed E-state index contributed by atoms with van der Waals surface area (Å²) in [6.45, 7) is 7.13. The van der Waals surface area contributed by atoms with Crippen LogP contribution in [0.3, 0.4) is 0 Å². The second-order valence-corrected chi connectivity index (χ2v) is 11.5. The molecule has 0 radical (unpaired) electrons. The van der Waals surface area contributed by atoms with Crippen molar-refractivity contribution in [3.8, 4) is 0 Å². The molecule has 0 unspecified atom stereocenters. The van der Waals surface area contributed by atoms with Gasteiger partial charge in [-0.1, -0.05) is 26.3 Å². The van der Waals surface area contributed by atoms with Crippen molar-refractivity contribution >= 4 is 22.5 Å². The van der Waals surface area contributed by atoms with Crippen molar-refractivity contribution in [3.63, 3.8) is 0 Å². The zero-order valence-corrected chi connectivity index (χ0v) is 19.4. The first-order valence-corrected chi connectivity index (χ1v) is 12.3. The molecule has 1 aromatic heterocycles. The maximum Gasteiger partial charge on any atom is 0.247 e. The van der Waals surface area contributed by atoms with E-state index in [-0.39, 0.29) is 17.4 Å². The van der Waals surface area contributed by atoms with Gasteiger partial charge in [0.05, 0.1) is 11.0 Å². The Kier molecular flexibility index (Phi) is 4.08. The monoisotopic (exact) mass is 417 g/mol. The zero-order valence-electron chi connectivity index (χ0n) is 19.4. The van der Waals surface area contributed by atoms with Crippen LogP contribution in [0, 0.1) is 35.5 Å². The van der Waals surface area contributed by atoms with Gasteiger partial charge < -0.3 is 9.88 Å². The highest BCUT2D eigenvalue weighted by molar-refractivity contribution is 5.99. The molecule has 0 saturated heterocycles. The Balaban J connectivity index is 1.49. The summed E-state index contributed by atoms with van der Waals surface area (Å²) < 4.78 is 0. The molecule has 3 fully saturated rings. The number of hydrogen-bond donors (Lipinski definition) is 1. The highest BCUT2D eigenvalue weighted by atomic mass is 16.2. The van der Waals surface area contributed by atoms with E-state index in [0.717, 1.165) is 40.7 Å². The quantitative estimate of drug-likeness (QED) is 0.644. The number of imidazole rings is 1. The highest BCUT2D eigenvalue weighted by Gasteiger charge is 2.60. The molecule has 3 saturated carbocycles. The SMILES string of the molecule is Cc1ccc2nc(C3=CC(=O)N(C)[C@@H]4CC[C@H]5[C@@H]6CCC[C@@]6(C)CC[C@@H]5[C@@]34C)[nH]c2c1. The standard InChI is InChI=1S/C27H35N3O/c1-16-7-9-21-22(14-16)29-25(28-21)20-15-24(31)30(4)23-10-8-17-18-6-5-12-26(18,2)13-11-19(17)27(20,23)3/h7,9,14-15,17-19,23H,5-6,8,10-13H2,1-4H3,(H,28,29)/t17-,18-,19-,23+,26-,27-/m0/s1. The number of nitrogens with zero attached hydrogens (tertiary/aromatic N) is 2. The van der Waals surface area contributed by atoms with E-state index in [4.69, 9.17) is 4.98 Å². The maximum absolute atomic E-state index is 13.0. The number of amides is 1. The molecule has 4 nitrogen and oxygen atoms in total. The van der Waals surface area contributed by atoms with Crippen LogP contribution in [0.4, 0.5) is 0 Å². The van der Waals surface area contributed by atoms with Gasteiger partial charge in [0.15, 0.2) is 0 Å². The summed E-state index contributed by atoms with van der Waals surface area (Å²) in [5, 5.41) is 0. The predicted octanol–water partition coefficient (Wildman–Crippen LogP) is 5.73. The maximum atomic E-state index is 13.0. The number of aromatic amines is 1. The molecule has 4 aliphatic rings. The fourth-order valence-corrected chi connectivity index (χ4v) is 8.41. The molecule has 6 atom stereocenters. The number of rotatable bonds is 1. The van der Waals surface area contributed by atoms with Crippen molar-refractivity contribution in [2.75, 3.05) is 7.05 Å². The lowest BCUT2D eigenvalue weighted by Gasteiger charge is -2.61. The van der Waals surface area contributed by atoms with Gasteiger partial charge in [0.1, 0.15) is 5.82 Å². The number of H-pyrrole nitrogens is 1. The van der Waals surface area contributed by atoms with Crippen molar-refractivity contribution in [3.05, 3.63) is 35.7 Å². The topological polar surface area (TPSA) is 49.0 Å². The van der Waals surface area contributed by atoms with Gasteiger partial charge in [0.25, 0.3) is 0 Å². The van der Waals surface area contributed by atoms with E-state index in [2.05, 4.69) is 44.0 Å². The Labute approximate surface area is 185 Å². The van der Waals surface area contributed by atoms with Gasteiger partial charge in [-0.2, -0.15) is 0 Å². The Bertz CT molecular complexity index is 1100. The van der Waals surface area contributed by atoms with E-state index < -0.39 is 0 Å². The number of benzene rings is 1. The zero-order chi connectivity index (χ0) is 21.5. The molecule has 0 spiro atoms. The number of nitrogens with one attached hydrogen (secondary N) is 1. The van der Waals surface area contributed by atoms with Crippen LogP contribution in [0.2, 0.25) is 0 Å². The van der Waals surface area contributed by atoms with Crippen molar-refractivity contribution < 1.29 is 4.79 Å². The lowest BCUT2D eigenvalue weighted by Crippen LogP contribution is -2.60. The summed E-state index contributed by atoms with van der Waals surface area (Å²) in [5.74, 6) is 3.30. The molecule has 164 valence electrons. The van der Waals surface area contributed by atoms with Gasteiger partial charge >= 0.3 is 0 Å². The summed E-state index contributed by atoms with van der Waals surface area (Å²) in [4.78, 5) is 23.7. The summed E-state index contributed by atoms with van der Waals surface area (Å²) in [5.41, 5.74) is 4.95. The van der Waals surface area contributed by atoms with E-state index in [1.54, 1.807) is 0 Å². The van der Waals surface area contributed by atoms with Gasteiger partial charge in [-0.3, -0.25) is 4.79 Å². The van der Waals surface area contributed by atoms with Gasteiger partial charge in [-0.05, 0) is 86.3 Å². The molecule has 1 aliphatic heterocycles. The molecule has 1 aromatic carbocycles. The molecule has 1 amide bonds. The number of aryl methyl sites for hydroxylation is 1. The van der Waals surface area contributed by atoms with E-state index in [1.165, 1.54) is 44.1 Å². The molecular formula is C27H35N3O. The van der Waals surface area contributed by atoms with Crippen LogP contribution in [0.1, 0.15) is 70.2 Å². The van der Waals surface area contributed by atoms with Crippen LogP contribution in [-0.4, -0.2) is 33.9 Å². The molecule has 6 rings (SSSR count). The van der Waals surface area contributed by atoms with E-state index in [1.807, 2.05) is 18.0 Å². The second-order valence-electron chi connectivity index (χ2n) is 11.5. The molecular weight excluding hydrogens is 382 g/mol. The number of hydrogen-bond acceptors (Lipinski definition) is 2. The largest absolute Gasteiger partial charge is 0.338 e. The number of aromatic nitrogens is 2. The summed E-state index contributed by atoms with van der Waals surface area (Å²) in [6, 6.07) is 6.64. The smallest absolute Gasteiger partial charge is 0.247 e. The first-order valence-electron chi connectivity index (χ1n) is 12.3. The number of fused-ring (bicyclic) bond motifs is 6. The Morgan fingerprint density at radius 2 is 1.94 bits per heavy atom. The molecule has 1 N–H and O–H groups in total. The molecule has 4 heteroatoms. The Morgan fingerprint density at radius 1 is 1.10 bits per heavy atom. The Morgan fingerprint density at radius 3 is 2.77 bits per heavy atom. The minimum atomic E-state index is -0.0432. The van der Waals surface area contributed by atoms with Gasteiger partial charge in [-0.25, -0.2) is 4.98 Å². The van der Waals surface area contributed by atoms with Crippen LogP contribution in [-0.2, 0) is 4.79 Å². The lowest BCUT2D eigenvalue weighted by atomic mass is 9.47. The van der Waals surface area contributed by atoms with Crippen molar-refractivity contribution in [1.29, 1.82) is 0 Å². The third kappa shape index (κ3) is 2.60. The summed E-state index contributed by atoms with van der Waals surface area (Å²) in [6.07, 6.45) is 11.1. The first kappa shape index (κ1) is 19.6. The fraction of sp³-hybridized carbons (Fsp3) is 0.630. The molecule has 3 aliphatic carbocycles. The van der Waals surface area contributed by atoms with Crippen molar-refractivity contribution in [2.45, 2.75) is 71.8 Å². The number of carbonyl (C=O) groups is 1. The fourth-order valence-electron chi connectivity index (χ4n) is 8.41. The van der Waals surface area contributed by atoms with Gasteiger partial charge in [0, 0.05) is 30.2 Å². The van der Waals surface area contributed by atoms with Crippen LogP contribution < -0.4 is 0 Å². The average molecular weight is 418 g/mol. The summed E-state index contributed by atoms with van der Waals surface area (Å²) in [7, 11) is 2.02. The third-order valence-electron chi connectivity index (χ3n) is 10.0. The molecule has 0 bridgehead atoms. The van der Waals surface area contributed by atoms with Crippen LogP contribution in [0.15, 0.2) is 24.3 Å². The third-order valence-corrected chi connectivity index (χ3v) is 10.0. The Hall–Kier alpha value is -2.10. The van der Waals surface area contributed by atoms with Crippen LogP contribution in [0.25, 0.3) is 16.6 Å². The molecule has 2 aromatic rings. The van der Waals surface area contributed by atoms with E-state index >= 15 is 0 Å². The van der Waals surface area contributed by atoms with Crippen LogP contribution in [0.5, 0.6) is 0 Å². The molecule has 31 heavy (non-hydrogen) atoms. The highest BCUT2D eigenvalue weighted by Crippen LogP contribution is 2.66. The van der Waals surface area contributed by atoms with Gasteiger partial charge in [-0.15, -0.1) is 0 Å². The predicted molar refractivity (Wildman–Crippen MR) is 124 cm³/mol. The minimum absolute atomic E-state index is 0.0432. The van der Waals surface area contributed by atoms with E-state index in [9.17, 15) is 4.79 Å². The van der Waals surface area contributed by atoms with Crippen molar-refractivity contribution in [1.82, 2.24) is 14.9 Å². The number of carbonyl (C=O) groups excluding carboxylic acids is 1. The minimum Gasteiger partial charge on any atom is -0.338 e. The van der Waals surface area contributed by atoms with Crippen LogP contribution >= 0.6 is 0 Å². The summed E-state index contributed by atoms with van der Waals surface area (Å²) >= 11 is 0. The molecule has 2 heterocycles. The van der Waals surface area contributed by atoms with E-state index in [0.29, 0.717) is 11.3 Å². The normalized spacial score (nSPS) is 39.8. The van der Waals surface area contributed by atoms with Gasteiger partial charge in [0.2, 0.25) is 5.91 Å². The van der Waals surface area contributed by atoms with Crippen molar-refractivity contribution in [2.24, 2.45) is 28.6 Å². The average Bonchev–Trinajstić information content (AvgIpc) is 3.33. The first-order chi connectivity index (χ1) is 14.8.